The molecule has 0 aliphatic rings. The Morgan fingerprint density at radius 3 is 2.24 bits per heavy atom. The summed E-state index contributed by atoms with van der Waals surface area (Å²) in [5.41, 5.74) is 4.59. The maximum Gasteiger partial charge on any atom is 0.268 e. The summed E-state index contributed by atoms with van der Waals surface area (Å²) in [6, 6.07) is 6.90. The highest BCUT2D eigenvalue weighted by molar-refractivity contribution is 7.92. The van der Waals surface area contributed by atoms with Crippen molar-refractivity contribution in [3.63, 3.8) is 0 Å². The van der Waals surface area contributed by atoms with Crippen molar-refractivity contribution in [2.24, 2.45) is 5.73 Å². The van der Waals surface area contributed by atoms with Crippen LogP contribution in [0.1, 0.15) is 38.8 Å². The van der Waals surface area contributed by atoms with Gasteiger partial charge in [-0.05, 0) is 69.7 Å². The highest BCUT2D eigenvalue weighted by Crippen LogP contribution is 2.36. The van der Waals surface area contributed by atoms with Crippen molar-refractivity contribution in [3.05, 3.63) is 84.3 Å². The van der Waals surface area contributed by atoms with Crippen LogP contribution in [0, 0.1) is 5.82 Å². The molecule has 0 radical (unpaired) electrons. The lowest BCUT2D eigenvalue weighted by Crippen LogP contribution is -2.44. The van der Waals surface area contributed by atoms with Gasteiger partial charge in [-0.15, -0.1) is 0 Å². The summed E-state index contributed by atoms with van der Waals surface area (Å²) in [7, 11) is -4.26. The Bertz CT molecular complexity index is 1370. The molecule has 0 saturated heterocycles. The van der Waals surface area contributed by atoms with Gasteiger partial charge in [-0.3, -0.25) is 13.9 Å². The molecule has 0 aromatic heterocycles. The lowest BCUT2D eigenvalue weighted by molar-refractivity contribution is 0.232. The maximum atomic E-state index is 14.1. The number of halogens is 3. The van der Waals surface area contributed by atoms with E-state index < -0.39 is 38.8 Å². The van der Waals surface area contributed by atoms with Gasteiger partial charge in [0, 0.05) is 17.1 Å². The Labute approximate surface area is 206 Å². The molecule has 2 atom stereocenters. The van der Waals surface area contributed by atoms with Crippen LogP contribution < -0.4 is 25.6 Å². The summed E-state index contributed by atoms with van der Waals surface area (Å²) in [6.45, 7) is 4.94. The summed E-state index contributed by atoms with van der Waals surface area (Å²) in [6.07, 6.45) is -0.446. The quantitative estimate of drug-likeness (QED) is 0.417. The first kappa shape index (κ1) is 26.2. The lowest BCUT2D eigenvalue weighted by atomic mass is 9.96. The molecule has 0 aliphatic carbocycles. The van der Waals surface area contributed by atoms with Crippen molar-refractivity contribution in [2.75, 3.05) is 4.31 Å². The van der Waals surface area contributed by atoms with E-state index in [-0.39, 0.29) is 39.4 Å². The number of rotatable bonds is 9. The zero-order valence-corrected chi connectivity index (χ0v) is 20.9. The van der Waals surface area contributed by atoms with E-state index in [4.69, 9.17) is 33.7 Å². The van der Waals surface area contributed by atoms with Gasteiger partial charge < -0.3 is 10.5 Å². The summed E-state index contributed by atoms with van der Waals surface area (Å²) in [4.78, 5) is 24.0. The number of hydrogen-bond acceptors (Lipinski definition) is 6. The predicted molar refractivity (Wildman–Crippen MR) is 131 cm³/mol. The second kappa shape index (κ2) is 10.0. The van der Waals surface area contributed by atoms with E-state index in [1.54, 1.807) is 20.8 Å². The van der Waals surface area contributed by atoms with Crippen LogP contribution in [-0.2, 0) is 10.0 Å². The van der Waals surface area contributed by atoms with Crippen molar-refractivity contribution in [2.45, 2.75) is 50.3 Å². The van der Waals surface area contributed by atoms with Gasteiger partial charge in [0.15, 0.2) is 5.75 Å². The predicted octanol–water partition coefficient (Wildman–Crippen LogP) is 4.19. The molecule has 182 valence electrons. The average Bonchev–Trinajstić information content (AvgIpc) is 2.75. The van der Waals surface area contributed by atoms with Crippen LogP contribution >= 0.6 is 23.2 Å². The van der Waals surface area contributed by atoms with Crippen LogP contribution in [0.4, 0.5) is 10.1 Å². The van der Waals surface area contributed by atoms with E-state index in [1.807, 2.05) is 0 Å². The van der Waals surface area contributed by atoms with Crippen LogP contribution in [-0.4, -0.2) is 20.6 Å². The third kappa shape index (κ3) is 5.12. The Morgan fingerprint density at radius 2 is 1.65 bits per heavy atom. The molecule has 2 N–H and O–H groups in total. The third-order valence-corrected chi connectivity index (χ3v) is 7.65. The van der Waals surface area contributed by atoms with Gasteiger partial charge in [-0.25, -0.2) is 12.8 Å². The van der Waals surface area contributed by atoms with Crippen molar-refractivity contribution in [1.29, 1.82) is 0 Å². The SMILES string of the molecule is CC(C)Oc1c([C@H](N)CC(C)N(c2cc(F)ccc2Cl)S(=O)(=O)c2ccc(Cl)cc2)c(=O)c1=O. The molecule has 0 spiro atoms. The van der Waals surface area contributed by atoms with Gasteiger partial charge in [0.05, 0.1) is 27.3 Å². The van der Waals surface area contributed by atoms with Crippen LogP contribution in [0.3, 0.4) is 0 Å². The zero-order valence-electron chi connectivity index (χ0n) is 18.6. The number of benzene rings is 2. The van der Waals surface area contributed by atoms with Gasteiger partial charge in [-0.2, -0.15) is 0 Å². The maximum absolute atomic E-state index is 14.1. The van der Waals surface area contributed by atoms with Crippen molar-refractivity contribution in [1.82, 2.24) is 0 Å². The average molecular weight is 529 g/mol. The van der Waals surface area contributed by atoms with Crippen LogP contribution in [0.15, 0.2) is 56.9 Å². The summed E-state index contributed by atoms with van der Waals surface area (Å²) in [5, 5.41) is 0.333. The molecule has 3 aromatic rings. The second-order valence-corrected chi connectivity index (χ2v) is 10.8. The van der Waals surface area contributed by atoms with Gasteiger partial charge in [0.2, 0.25) is 5.43 Å². The normalized spacial score (nSPS) is 13.8. The largest absolute Gasteiger partial charge is 0.486 e. The molecule has 34 heavy (non-hydrogen) atoms. The van der Waals surface area contributed by atoms with E-state index in [2.05, 4.69) is 0 Å². The zero-order chi connectivity index (χ0) is 25.4. The van der Waals surface area contributed by atoms with Crippen molar-refractivity contribution >= 4 is 38.9 Å². The first-order valence-corrected chi connectivity index (χ1v) is 12.5. The second-order valence-electron chi connectivity index (χ2n) is 8.11. The molecule has 0 aliphatic heterocycles. The molecule has 11 heteroatoms. The van der Waals surface area contributed by atoms with Crippen LogP contribution in [0.2, 0.25) is 10.0 Å². The Balaban J connectivity index is 2.05. The molecular formula is C23H23Cl2FN2O5S. The van der Waals surface area contributed by atoms with Crippen molar-refractivity contribution < 1.29 is 17.5 Å². The van der Waals surface area contributed by atoms with E-state index >= 15 is 0 Å². The first-order valence-electron chi connectivity index (χ1n) is 10.3. The number of ether oxygens (including phenoxy) is 1. The fourth-order valence-corrected chi connectivity index (χ4v) is 5.70. The Morgan fingerprint density at radius 1 is 1.03 bits per heavy atom. The van der Waals surface area contributed by atoms with E-state index in [0.29, 0.717) is 5.02 Å². The monoisotopic (exact) mass is 528 g/mol. The lowest BCUT2D eigenvalue weighted by Gasteiger charge is -2.33. The molecule has 0 saturated carbocycles. The summed E-state index contributed by atoms with van der Waals surface area (Å²) >= 11 is 12.2. The minimum atomic E-state index is -4.26. The standard InChI is InChI=1S/C23H23Cl2FN2O5S/c1-12(2)33-23-20(21(29)22(23)30)18(27)10-13(3)28(19-11-15(26)6-9-17(19)25)34(31,32)16-7-4-14(24)5-8-16/h4-9,11-13,18H,10,27H2,1-3H3/t13?,18-/m1/s1. The third-order valence-electron chi connectivity index (χ3n) is 5.14. The Kier molecular flexibility index (Phi) is 7.72. The Hall–Kier alpha value is -2.46. The minimum absolute atomic E-state index is 0.000250. The summed E-state index contributed by atoms with van der Waals surface area (Å²) in [5.74, 6) is -0.808. The minimum Gasteiger partial charge on any atom is -0.486 e. The van der Waals surface area contributed by atoms with E-state index in [0.717, 1.165) is 16.4 Å². The molecular weight excluding hydrogens is 506 g/mol. The first-order chi connectivity index (χ1) is 15.8. The number of nitrogens with two attached hydrogens (primary N) is 1. The fourth-order valence-electron chi connectivity index (χ4n) is 3.64. The molecule has 0 fully saturated rings. The smallest absolute Gasteiger partial charge is 0.268 e. The van der Waals surface area contributed by atoms with Gasteiger partial charge in [0.1, 0.15) is 5.82 Å². The van der Waals surface area contributed by atoms with Gasteiger partial charge in [0.25, 0.3) is 15.5 Å². The molecule has 1 unspecified atom stereocenters. The van der Waals surface area contributed by atoms with Gasteiger partial charge >= 0.3 is 0 Å². The number of nitrogens with zero attached hydrogens (tertiary/aromatic N) is 1. The van der Waals surface area contributed by atoms with E-state index in [1.165, 1.54) is 30.3 Å². The van der Waals surface area contributed by atoms with Crippen molar-refractivity contribution in [3.8, 4) is 5.75 Å². The molecule has 0 amide bonds. The number of hydrogen-bond donors (Lipinski definition) is 1. The summed E-state index contributed by atoms with van der Waals surface area (Å²) < 4.78 is 47.7. The molecule has 0 heterocycles. The van der Waals surface area contributed by atoms with Crippen LogP contribution in [0.5, 0.6) is 5.75 Å². The molecule has 7 nitrogen and oxygen atoms in total. The van der Waals surface area contributed by atoms with Gasteiger partial charge in [-0.1, -0.05) is 23.2 Å². The highest BCUT2D eigenvalue weighted by Gasteiger charge is 2.35. The fraction of sp³-hybridized carbons (Fsp3) is 0.304. The number of sulfonamides is 1. The molecule has 3 aromatic carbocycles. The molecule has 0 bridgehead atoms. The highest BCUT2D eigenvalue weighted by atomic mass is 35.5. The van der Waals surface area contributed by atoms with E-state index in [9.17, 15) is 22.4 Å². The molecule has 3 rings (SSSR count). The number of anilines is 1. The topological polar surface area (TPSA) is 107 Å². The van der Waals surface area contributed by atoms with Crippen LogP contribution in [0.25, 0.3) is 0 Å².